The van der Waals surface area contributed by atoms with Crippen LogP contribution in [0, 0.1) is 31.6 Å². The summed E-state index contributed by atoms with van der Waals surface area (Å²) in [4.78, 5) is 30.9. The third-order valence-electron chi connectivity index (χ3n) is 9.19. The van der Waals surface area contributed by atoms with Gasteiger partial charge in [0.05, 0.1) is 6.10 Å². The number of aryl methyl sites for hydroxylation is 1. The molecule has 0 spiro atoms. The number of amides is 1. The Morgan fingerprint density at radius 1 is 1.03 bits per heavy atom. The van der Waals surface area contributed by atoms with Crippen LogP contribution in [0.25, 0.3) is 0 Å². The predicted molar refractivity (Wildman–Crippen MR) is 134 cm³/mol. The summed E-state index contributed by atoms with van der Waals surface area (Å²) in [5.41, 5.74) is 6.62. The van der Waals surface area contributed by atoms with E-state index < -0.39 is 0 Å². The van der Waals surface area contributed by atoms with E-state index in [0.29, 0.717) is 18.8 Å². The quantitative estimate of drug-likeness (QED) is 0.672. The second-order valence-electron chi connectivity index (χ2n) is 11.2. The average molecular weight is 477 g/mol. The molecule has 2 unspecified atom stereocenters. The average Bonchev–Trinajstić information content (AvgIpc) is 3.49. The van der Waals surface area contributed by atoms with E-state index in [1.165, 1.54) is 16.8 Å². The molecule has 7 heteroatoms. The molecule has 4 fully saturated rings. The third-order valence-corrected chi connectivity index (χ3v) is 9.19. The smallest absolute Gasteiger partial charge is 0.244 e. The highest BCUT2D eigenvalue weighted by atomic mass is 16.3. The number of rotatable bonds is 5. The van der Waals surface area contributed by atoms with Gasteiger partial charge in [0.25, 0.3) is 0 Å². The Morgan fingerprint density at radius 3 is 2.49 bits per heavy atom. The zero-order valence-corrected chi connectivity index (χ0v) is 20.9. The van der Waals surface area contributed by atoms with E-state index >= 15 is 0 Å². The highest BCUT2D eigenvalue weighted by Gasteiger charge is 2.48. The predicted octanol–water partition coefficient (Wildman–Crippen LogP) is 2.93. The first-order valence-corrected chi connectivity index (χ1v) is 13.3. The van der Waals surface area contributed by atoms with Crippen LogP contribution >= 0.6 is 0 Å². The van der Waals surface area contributed by atoms with Crippen molar-refractivity contribution in [1.82, 2.24) is 14.7 Å². The van der Waals surface area contributed by atoms with Crippen molar-refractivity contribution in [2.75, 3.05) is 31.1 Å². The topological polar surface area (TPSA) is 78.7 Å². The number of aliphatic hydroxyl groups excluding tert-OH is 1. The van der Waals surface area contributed by atoms with Crippen LogP contribution in [0.3, 0.4) is 0 Å². The molecule has 7 rings (SSSR count). The molecule has 7 nitrogen and oxygen atoms in total. The molecule has 1 amide bonds. The largest absolute Gasteiger partial charge is 0.393 e. The summed E-state index contributed by atoms with van der Waals surface area (Å²) in [5.74, 6) is 0.759. The van der Waals surface area contributed by atoms with Gasteiger partial charge in [-0.3, -0.25) is 14.3 Å². The Bertz CT molecular complexity index is 1150. The Labute approximate surface area is 207 Å². The first-order chi connectivity index (χ1) is 16.9. The highest BCUT2D eigenvalue weighted by Crippen LogP contribution is 2.49. The number of piperazine rings is 1. The van der Waals surface area contributed by atoms with Gasteiger partial charge in [0.1, 0.15) is 12.2 Å². The highest BCUT2D eigenvalue weighted by molar-refractivity contribution is 5.98. The molecule has 186 valence electrons. The second-order valence-corrected chi connectivity index (χ2v) is 11.2. The van der Waals surface area contributed by atoms with Crippen LogP contribution in [0.1, 0.15) is 58.6 Å². The van der Waals surface area contributed by atoms with Gasteiger partial charge in [-0.2, -0.15) is 5.10 Å². The Hall–Kier alpha value is -2.67. The zero-order valence-electron chi connectivity index (χ0n) is 20.9. The number of Topliss-reactive ketones (excluding diaryl/α,β-unsaturated/α-hetero) is 1. The maximum absolute atomic E-state index is 13.4. The van der Waals surface area contributed by atoms with Crippen molar-refractivity contribution in [3.8, 4) is 0 Å². The fourth-order valence-corrected chi connectivity index (χ4v) is 6.90. The van der Waals surface area contributed by atoms with Gasteiger partial charge < -0.3 is 14.9 Å². The molecule has 1 saturated heterocycles. The molecule has 3 saturated carbocycles. The van der Waals surface area contributed by atoms with Crippen molar-refractivity contribution in [3.63, 3.8) is 0 Å². The lowest BCUT2D eigenvalue weighted by molar-refractivity contribution is -0.132. The van der Waals surface area contributed by atoms with Gasteiger partial charge in [-0.25, -0.2) is 0 Å². The number of carbonyl (C=O) groups is 2. The number of ketones is 1. The van der Waals surface area contributed by atoms with E-state index in [0.717, 1.165) is 62.9 Å². The van der Waals surface area contributed by atoms with E-state index in [1.807, 2.05) is 9.58 Å². The van der Waals surface area contributed by atoms with Crippen LogP contribution < -0.4 is 4.90 Å². The summed E-state index contributed by atoms with van der Waals surface area (Å²) < 4.78 is 1.83. The summed E-state index contributed by atoms with van der Waals surface area (Å²) in [6.45, 7) is 7.58. The molecule has 1 aliphatic heterocycles. The fourth-order valence-electron chi connectivity index (χ4n) is 6.90. The van der Waals surface area contributed by atoms with Gasteiger partial charge in [0, 0.05) is 49.0 Å². The van der Waals surface area contributed by atoms with Crippen LogP contribution in [0.4, 0.5) is 5.69 Å². The van der Waals surface area contributed by atoms with Crippen molar-refractivity contribution in [3.05, 3.63) is 46.3 Å². The first kappa shape index (κ1) is 22.8. The molecule has 2 bridgehead atoms. The number of aliphatic hydroxyl groups is 1. The Kier molecular flexibility index (Phi) is 5.71. The maximum atomic E-state index is 13.4. The van der Waals surface area contributed by atoms with Gasteiger partial charge >= 0.3 is 0 Å². The second kappa shape index (κ2) is 8.77. The van der Waals surface area contributed by atoms with Crippen molar-refractivity contribution >= 4 is 17.4 Å². The molecule has 35 heavy (non-hydrogen) atoms. The van der Waals surface area contributed by atoms with Crippen LogP contribution in [0.2, 0.25) is 0 Å². The van der Waals surface area contributed by atoms with Crippen molar-refractivity contribution in [2.45, 2.75) is 65.0 Å². The molecular weight excluding hydrogens is 440 g/mol. The monoisotopic (exact) mass is 476 g/mol. The number of aromatic nitrogens is 2. The number of carbonyl (C=O) groups excluding carboxylic acids is 2. The van der Waals surface area contributed by atoms with E-state index in [9.17, 15) is 14.7 Å². The Balaban J connectivity index is 1.12. The summed E-state index contributed by atoms with van der Waals surface area (Å²) in [5, 5.41) is 14.8. The normalized spacial score (nSPS) is 27.5. The van der Waals surface area contributed by atoms with Crippen LogP contribution in [0.15, 0.2) is 18.2 Å². The molecule has 1 N–H and O–H groups in total. The minimum atomic E-state index is -0.213. The lowest BCUT2D eigenvalue weighted by atomic mass is 9.58. The van der Waals surface area contributed by atoms with Crippen LogP contribution in [-0.2, 0) is 24.2 Å². The number of hydrogen-bond acceptors (Lipinski definition) is 5. The third kappa shape index (κ3) is 3.88. The van der Waals surface area contributed by atoms with Gasteiger partial charge in [-0.05, 0) is 81.4 Å². The summed E-state index contributed by atoms with van der Waals surface area (Å²) >= 11 is 0. The fraction of sp³-hybridized carbons (Fsp3) is 0.607. The van der Waals surface area contributed by atoms with Crippen LogP contribution in [0.5, 0.6) is 0 Å². The Morgan fingerprint density at radius 2 is 1.77 bits per heavy atom. The molecular formula is C28H36N4O3. The molecule has 2 atom stereocenters. The molecule has 1 aromatic carbocycles. The number of nitrogens with zero attached hydrogens (tertiary/aromatic N) is 4. The number of benzene rings is 1. The van der Waals surface area contributed by atoms with Gasteiger partial charge in [-0.1, -0.05) is 12.1 Å². The summed E-state index contributed by atoms with van der Waals surface area (Å²) in [6, 6.07) is 6.41. The zero-order chi connectivity index (χ0) is 24.3. The molecule has 1 aromatic heterocycles. The minimum absolute atomic E-state index is 0.0240. The van der Waals surface area contributed by atoms with E-state index in [4.69, 9.17) is 5.10 Å². The molecule has 2 heterocycles. The minimum Gasteiger partial charge on any atom is -0.393 e. The molecule has 5 aliphatic rings. The standard InChI is InChI=1S/C28H36N4O3/c1-17-5-3-7-23(18(17)2)30-9-11-31(12-10-30)25(33)16-32-24-8-4-6-22(24)26(29-32)28(35)21-14-19-13-20(15-21)27(19)34/h3,5,7,19-21,27,34H,4,6,8-16H2,1-2H3. The van der Waals surface area contributed by atoms with Crippen molar-refractivity contribution < 1.29 is 14.7 Å². The van der Waals surface area contributed by atoms with E-state index in [-0.39, 0.29) is 42.1 Å². The number of fused-ring (bicyclic) bond motifs is 3. The SMILES string of the molecule is Cc1cccc(N2CCN(C(=O)Cn3nc(C(=O)C4CC5CC(C4)C5O)c4c3CCC4)CC2)c1C. The van der Waals surface area contributed by atoms with Gasteiger partial charge in [0.15, 0.2) is 5.78 Å². The van der Waals surface area contributed by atoms with Crippen molar-refractivity contribution in [2.24, 2.45) is 17.8 Å². The number of hydrogen-bond donors (Lipinski definition) is 1. The van der Waals surface area contributed by atoms with E-state index in [1.54, 1.807) is 0 Å². The molecule has 0 radical (unpaired) electrons. The molecule has 2 aromatic rings. The van der Waals surface area contributed by atoms with Gasteiger partial charge in [-0.15, -0.1) is 0 Å². The number of anilines is 1. The summed E-state index contributed by atoms with van der Waals surface area (Å²) in [7, 11) is 0. The lowest BCUT2D eigenvalue weighted by Gasteiger charge is -2.49. The van der Waals surface area contributed by atoms with E-state index in [2.05, 4.69) is 36.9 Å². The first-order valence-electron chi connectivity index (χ1n) is 13.3. The van der Waals surface area contributed by atoms with Gasteiger partial charge in [0.2, 0.25) is 5.91 Å². The molecule has 4 aliphatic carbocycles. The maximum Gasteiger partial charge on any atom is 0.244 e. The van der Waals surface area contributed by atoms with Crippen LogP contribution in [-0.4, -0.2) is 63.8 Å². The summed E-state index contributed by atoms with van der Waals surface area (Å²) in [6.07, 6.45) is 5.19. The van der Waals surface area contributed by atoms with Crippen molar-refractivity contribution in [1.29, 1.82) is 0 Å². The lowest BCUT2D eigenvalue weighted by Crippen LogP contribution is -2.50.